The van der Waals surface area contributed by atoms with Gasteiger partial charge in [-0.1, -0.05) is 23.9 Å². The summed E-state index contributed by atoms with van der Waals surface area (Å²) < 4.78 is 44.8. The largest absolute Gasteiger partial charge is 0.455 e. The summed E-state index contributed by atoms with van der Waals surface area (Å²) in [5.74, 6) is 0.416. The summed E-state index contributed by atoms with van der Waals surface area (Å²) in [5.41, 5.74) is 1.43. The molecule has 2 aromatic carbocycles. The molecule has 28 heavy (non-hydrogen) atoms. The van der Waals surface area contributed by atoms with Crippen LogP contribution in [0.1, 0.15) is 6.42 Å². The zero-order valence-electron chi connectivity index (χ0n) is 14.7. The van der Waals surface area contributed by atoms with E-state index in [2.05, 4.69) is 4.72 Å². The lowest BCUT2D eigenvalue weighted by molar-refractivity contribution is -0.130. The molecule has 0 aliphatic carbocycles. The van der Waals surface area contributed by atoms with Crippen molar-refractivity contribution in [2.45, 2.75) is 27.1 Å². The Morgan fingerprint density at radius 1 is 1.21 bits per heavy atom. The first kappa shape index (κ1) is 20.8. The number of sulfonamides is 1. The van der Waals surface area contributed by atoms with Gasteiger partial charge in [0.15, 0.2) is 0 Å². The van der Waals surface area contributed by atoms with Gasteiger partial charge in [0, 0.05) is 22.8 Å². The zero-order valence-corrected chi connectivity index (χ0v) is 17.2. The molecule has 150 valence electrons. The highest BCUT2D eigenvalue weighted by Crippen LogP contribution is 2.47. The smallest absolute Gasteiger partial charge is 0.261 e. The van der Waals surface area contributed by atoms with Crippen LogP contribution in [-0.2, 0) is 25.6 Å². The van der Waals surface area contributed by atoms with Gasteiger partial charge in [-0.15, -0.1) is 0 Å². The third-order valence-corrected chi connectivity index (χ3v) is 7.31. The fourth-order valence-electron chi connectivity index (χ4n) is 2.54. The molecule has 0 aromatic heterocycles. The lowest BCUT2D eigenvalue weighted by atomic mass is 10.2. The number of rotatable bonds is 7. The molecular weight excluding hydrogens is 424 g/mol. The Hall–Kier alpha value is -1.92. The number of carbonyl (C=O) groups is 1. The molecule has 0 saturated carbocycles. The van der Waals surface area contributed by atoms with E-state index in [1.54, 1.807) is 6.07 Å². The van der Waals surface area contributed by atoms with Crippen molar-refractivity contribution in [3.05, 3.63) is 42.5 Å². The zero-order chi connectivity index (χ0) is 20.3. The van der Waals surface area contributed by atoms with E-state index in [1.807, 2.05) is 24.3 Å². The number of ether oxygens (including phenoxy) is 1. The fraction of sp³-hybridized carbons (Fsp3) is 0.235. The molecule has 3 N–H and O–H groups in total. The lowest BCUT2D eigenvalue weighted by Gasteiger charge is -2.21. The lowest BCUT2D eigenvalue weighted by Crippen LogP contribution is -2.46. The number of para-hydroxylation sites is 1. The van der Waals surface area contributed by atoms with Crippen molar-refractivity contribution >= 4 is 38.5 Å². The van der Waals surface area contributed by atoms with Crippen molar-refractivity contribution < 1.29 is 27.4 Å². The maximum Gasteiger partial charge on any atom is 0.261 e. The summed E-state index contributed by atoms with van der Waals surface area (Å²) in [5, 5.41) is 8.86. The Morgan fingerprint density at radius 3 is 2.64 bits per heavy atom. The molecule has 1 aliphatic rings. The first-order valence-corrected chi connectivity index (χ1v) is 12.2. The molecule has 0 fully saturated rings. The van der Waals surface area contributed by atoms with Gasteiger partial charge in [0.25, 0.3) is 5.91 Å². The molecule has 0 radical (unpaired) electrons. The number of fused-ring (bicyclic) bond motifs is 2. The highest BCUT2D eigenvalue weighted by Gasteiger charge is 2.27. The molecule has 11 heteroatoms. The number of hydrogen-bond donors (Lipinski definition) is 3. The highest BCUT2D eigenvalue weighted by atomic mass is 32.2. The van der Waals surface area contributed by atoms with Crippen LogP contribution in [0.3, 0.4) is 0 Å². The second-order valence-electron chi connectivity index (χ2n) is 5.98. The van der Waals surface area contributed by atoms with E-state index in [1.165, 1.54) is 35.6 Å². The molecule has 2 atom stereocenters. The van der Waals surface area contributed by atoms with Gasteiger partial charge in [-0.3, -0.25) is 14.2 Å². The van der Waals surface area contributed by atoms with Crippen molar-refractivity contribution in [3.63, 3.8) is 0 Å². The maximum atomic E-state index is 12.7. The average molecular weight is 443 g/mol. The first-order chi connectivity index (χ1) is 13.3. The van der Waals surface area contributed by atoms with E-state index < -0.39 is 32.8 Å². The maximum absolute atomic E-state index is 12.7. The second-order valence-corrected chi connectivity index (χ2v) is 10.3. The number of carbonyl (C=O) groups excluding carboxylic acids is 1. The quantitative estimate of drug-likeness (QED) is 0.377. The normalized spacial score (nSPS) is 14.9. The number of hydrogen-bond acceptors (Lipinski definition) is 7. The molecule has 3 rings (SSSR count). The van der Waals surface area contributed by atoms with Gasteiger partial charge in [0.2, 0.25) is 10.0 Å². The molecule has 1 unspecified atom stereocenters. The van der Waals surface area contributed by atoms with Gasteiger partial charge in [-0.25, -0.2) is 13.9 Å². The minimum absolute atomic E-state index is 0.0229. The molecule has 1 amide bonds. The number of benzene rings is 2. The van der Waals surface area contributed by atoms with Crippen LogP contribution < -0.4 is 14.9 Å². The summed E-state index contributed by atoms with van der Waals surface area (Å²) in [6, 6.07) is 10.5. The monoisotopic (exact) mass is 442 g/mol. The van der Waals surface area contributed by atoms with E-state index in [0.29, 0.717) is 16.4 Å². The van der Waals surface area contributed by atoms with E-state index in [0.717, 1.165) is 4.90 Å². The van der Waals surface area contributed by atoms with Gasteiger partial charge in [0.1, 0.15) is 17.5 Å². The molecule has 0 spiro atoms. The van der Waals surface area contributed by atoms with Crippen LogP contribution in [0.15, 0.2) is 57.2 Å². The first-order valence-electron chi connectivity index (χ1n) is 8.15. The van der Waals surface area contributed by atoms with E-state index >= 15 is 0 Å². The third kappa shape index (κ3) is 4.73. The molecule has 1 aliphatic heterocycles. The minimum atomic E-state index is -4.06. The Kier molecular flexibility index (Phi) is 6.40. The molecule has 8 nitrogen and oxygen atoms in total. The summed E-state index contributed by atoms with van der Waals surface area (Å²) in [6.45, 7) is 0. The van der Waals surface area contributed by atoms with Crippen LogP contribution in [0.4, 0.5) is 0 Å². The fourth-order valence-corrected chi connectivity index (χ4v) is 5.42. The van der Waals surface area contributed by atoms with Crippen LogP contribution in [0, 0.1) is 0 Å². The van der Waals surface area contributed by atoms with Crippen LogP contribution in [0.5, 0.6) is 11.5 Å². The molecule has 1 heterocycles. The average Bonchev–Trinajstić information content (AvgIpc) is 2.68. The van der Waals surface area contributed by atoms with E-state index in [9.17, 15) is 17.4 Å². The van der Waals surface area contributed by atoms with Crippen molar-refractivity contribution in [2.24, 2.45) is 0 Å². The highest BCUT2D eigenvalue weighted by molar-refractivity contribution is 7.99. The van der Waals surface area contributed by atoms with Gasteiger partial charge in [-0.05, 0) is 36.8 Å². The predicted octanol–water partition coefficient (Wildman–Crippen LogP) is 1.86. The third-order valence-electron chi connectivity index (χ3n) is 3.93. The predicted molar refractivity (Wildman–Crippen MR) is 105 cm³/mol. The Balaban J connectivity index is 1.84. The van der Waals surface area contributed by atoms with Crippen molar-refractivity contribution in [1.29, 1.82) is 0 Å². The second kappa shape index (κ2) is 8.62. The van der Waals surface area contributed by atoms with Crippen LogP contribution in [0.2, 0.25) is 0 Å². The van der Waals surface area contributed by atoms with Gasteiger partial charge < -0.3 is 4.74 Å². The molecule has 0 saturated heterocycles. The number of nitrogens with one attached hydrogen (secondary N) is 2. The summed E-state index contributed by atoms with van der Waals surface area (Å²) in [4.78, 5) is 13.2. The SMILES string of the molecule is C[S@](=O)CCC(NS(=O)(=O)c1ccc2c(c1)Sc1ccccc1O2)C(=O)NO. The standard InChI is InChI=1S/C17H18N2O6S3/c1-27(22)9-8-12(17(20)18-21)19-28(23,24)11-6-7-14-16(10-11)26-15-5-3-2-4-13(15)25-14/h2-7,10,12,19,21H,8-9H2,1H3,(H,18,20)/t12?,27-/m0/s1. The topological polar surface area (TPSA) is 122 Å². The van der Waals surface area contributed by atoms with E-state index in [4.69, 9.17) is 9.94 Å². The van der Waals surface area contributed by atoms with Crippen molar-refractivity contribution in [3.8, 4) is 11.5 Å². The van der Waals surface area contributed by atoms with Crippen molar-refractivity contribution in [1.82, 2.24) is 10.2 Å². The van der Waals surface area contributed by atoms with Gasteiger partial charge in [0.05, 0.1) is 14.7 Å². The Bertz CT molecular complexity index is 1030. The molecular formula is C17H18N2O6S3. The summed E-state index contributed by atoms with van der Waals surface area (Å²) in [6.07, 6.45) is 1.42. The molecule has 2 aromatic rings. The Labute approximate surface area is 169 Å². The van der Waals surface area contributed by atoms with Crippen molar-refractivity contribution in [2.75, 3.05) is 12.0 Å². The number of amides is 1. The van der Waals surface area contributed by atoms with Crippen LogP contribution >= 0.6 is 11.8 Å². The Morgan fingerprint density at radius 2 is 1.93 bits per heavy atom. The minimum Gasteiger partial charge on any atom is -0.455 e. The van der Waals surface area contributed by atoms with Crippen LogP contribution in [0.25, 0.3) is 0 Å². The summed E-state index contributed by atoms with van der Waals surface area (Å²) >= 11 is 1.38. The van der Waals surface area contributed by atoms with Gasteiger partial charge >= 0.3 is 0 Å². The summed E-state index contributed by atoms with van der Waals surface area (Å²) in [7, 11) is -5.28. The van der Waals surface area contributed by atoms with E-state index in [-0.39, 0.29) is 17.1 Å². The number of hydroxylamine groups is 1. The molecule has 0 bridgehead atoms. The van der Waals surface area contributed by atoms with Gasteiger partial charge in [-0.2, -0.15) is 4.72 Å². The van der Waals surface area contributed by atoms with Crippen LogP contribution in [-0.4, -0.2) is 41.8 Å².